The summed E-state index contributed by atoms with van der Waals surface area (Å²) >= 11 is 0. The fourth-order valence-electron chi connectivity index (χ4n) is 2.44. The zero-order chi connectivity index (χ0) is 18.3. The lowest BCUT2D eigenvalue weighted by Crippen LogP contribution is -2.38. The molecule has 7 heteroatoms. The number of furan rings is 1. The number of aliphatic imine (C=N–C) groups is 1. The molecule has 0 aliphatic carbocycles. The third-order valence-corrected chi connectivity index (χ3v) is 3.71. The van der Waals surface area contributed by atoms with Crippen LogP contribution in [0.3, 0.4) is 0 Å². The van der Waals surface area contributed by atoms with Crippen LogP contribution in [0.4, 0.5) is 13.2 Å². The van der Waals surface area contributed by atoms with E-state index in [0.29, 0.717) is 25.5 Å². The molecule has 1 unspecified atom stereocenters. The third kappa shape index (κ3) is 6.32. The summed E-state index contributed by atoms with van der Waals surface area (Å²) in [5.41, 5.74) is 0.820. The maximum atomic E-state index is 12.1. The first kappa shape index (κ1) is 19.1. The Labute approximate surface area is 145 Å². The van der Waals surface area contributed by atoms with Gasteiger partial charge >= 0.3 is 6.18 Å². The molecule has 0 aliphatic rings. The van der Waals surface area contributed by atoms with Crippen molar-refractivity contribution in [2.24, 2.45) is 4.99 Å². The fourth-order valence-corrected chi connectivity index (χ4v) is 2.44. The average molecular weight is 355 g/mol. The van der Waals surface area contributed by atoms with Gasteiger partial charge in [0.05, 0.1) is 6.04 Å². The van der Waals surface area contributed by atoms with E-state index in [4.69, 9.17) is 4.42 Å². The number of rotatable bonds is 7. The largest absolute Gasteiger partial charge is 0.459 e. The monoisotopic (exact) mass is 355 g/mol. The number of nitrogens with zero attached hydrogens (tertiary/aromatic N) is 1. The van der Waals surface area contributed by atoms with E-state index in [0.717, 1.165) is 16.7 Å². The summed E-state index contributed by atoms with van der Waals surface area (Å²) < 4.78 is 42.2. The van der Waals surface area contributed by atoms with E-state index in [2.05, 4.69) is 15.6 Å². The number of hydrogen-bond acceptors (Lipinski definition) is 2. The van der Waals surface area contributed by atoms with Crippen LogP contribution < -0.4 is 10.6 Å². The van der Waals surface area contributed by atoms with E-state index < -0.39 is 12.6 Å². The summed E-state index contributed by atoms with van der Waals surface area (Å²) in [5.74, 6) is 1.35. The minimum atomic E-state index is -4.09. The SMILES string of the molecule is CCNC(=NCCCCC(F)(F)F)NC(C)c1cc2ccccc2o1. The van der Waals surface area contributed by atoms with Crippen molar-refractivity contribution in [3.05, 3.63) is 36.1 Å². The predicted molar refractivity (Wildman–Crippen MR) is 93.6 cm³/mol. The zero-order valence-corrected chi connectivity index (χ0v) is 14.5. The first-order valence-electron chi connectivity index (χ1n) is 8.49. The first-order valence-corrected chi connectivity index (χ1v) is 8.49. The lowest BCUT2D eigenvalue weighted by Gasteiger charge is -2.16. The minimum absolute atomic E-state index is 0.0888. The van der Waals surface area contributed by atoms with Gasteiger partial charge in [-0.15, -0.1) is 0 Å². The predicted octanol–water partition coefficient (Wildman–Crippen LogP) is 4.78. The van der Waals surface area contributed by atoms with E-state index in [-0.39, 0.29) is 12.5 Å². The van der Waals surface area contributed by atoms with Gasteiger partial charge in [-0.1, -0.05) is 18.2 Å². The molecule has 0 radical (unpaired) electrons. The van der Waals surface area contributed by atoms with Gasteiger partial charge in [0.1, 0.15) is 11.3 Å². The Kier molecular flexibility index (Phi) is 6.73. The Morgan fingerprint density at radius 1 is 1.24 bits per heavy atom. The van der Waals surface area contributed by atoms with Crippen molar-refractivity contribution in [3.8, 4) is 0 Å². The Morgan fingerprint density at radius 2 is 2.00 bits per heavy atom. The molecule has 2 rings (SSSR count). The Hall–Kier alpha value is -2.18. The van der Waals surface area contributed by atoms with E-state index >= 15 is 0 Å². The second-order valence-corrected chi connectivity index (χ2v) is 5.89. The lowest BCUT2D eigenvalue weighted by atomic mass is 10.2. The normalized spacial score (nSPS) is 13.9. The number of hydrogen-bond donors (Lipinski definition) is 2. The molecule has 0 aliphatic heterocycles. The molecule has 1 aromatic heterocycles. The van der Waals surface area contributed by atoms with Crippen molar-refractivity contribution < 1.29 is 17.6 Å². The molecule has 0 fully saturated rings. The molecule has 0 bridgehead atoms. The quantitative estimate of drug-likeness (QED) is 0.427. The van der Waals surface area contributed by atoms with Crippen molar-refractivity contribution in [2.75, 3.05) is 13.1 Å². The van der Waals surface area contributed by atoms with Crippen LogP contribution in [0.15, 0.2) is 39.7 Å². The van der Waals surface area contributed by atoms with Gasteiger partial charge in [-0.3, -0.25) is 4.99 Å². The van der Waals surface area contributed by atoms with E-state index in [9.17, 15) is 13.2 Å². The van der Waals surface area contributed by atoms with Crippen LogP contribution in [0.1, 0.15) is 44.9 Å². The average Bonchev–Trinajstić information content (AvgIpc) is 2.97. The number of guanidine groups is 1. The highest BCUT2D eigenvalue weighted by molar-refractivity contribution is 5.81. The van der Waals surface area contributed by atoms with Crippen molar-refractivity contribution in [3.63, 3.8) is 0 Å². The Balaban J connectivity index is 1.91. The van der Waals surface area contributed by atoms with Gasteiger partial charge in [0.25, 0.3) is 0 Å². The van der Waals surface area contributed by atoms with Crippen LogP contribution in [-0.2, 0) is 0 Å². The van der Waals surface area contributed by atoms with Gasteiger partial charge in [-0.2, -0.15) is 13.2 Å². The van der Waals surface area contributed by atoms with Gasteiger partial charge in [0.15, 0.2) is 5.96 Å². The van der Waals surface area contributed by atoms with Gasteiger partial charge in [0, 0.05) is 24.9 Å². The number of benzene rings is 1. The highest BCUT2D eigenvalue weighted by atomic mass is 19.4. The molecule has 0 spiro atoms. The highest BCUT2D eigenvalue weighted by Crippen LogP contribution is 2.24. The van der Waals surface area contributed by atoms with Gasteiger partial charge in [-0.25, -0.2) is 0 Å². The number of fused-ring (bicyclic) bond motifs is 1. The number of nitrogens with one attached hydrogen (secondary N) is 2. The lowest BCUT2D eigenvalue weighted by molar-refractivity contribution is -0.135. The molecule has 1 aromatic carbocycles. The summed E-state index contributed by atoms with van der Waals surface area (Å²) in [5, 5.41) is 7.35. The van der Waals surface area contributed by atoms with Crippen molar-refractivity contribution in [1.82, 2.24) is 10.6 Å². The molecule has 0 saturated heterocycles. The molecule has 1 atom stereocenters. The number of halogens is 3. The minimum Gasteiger partial charge on any atom is -0.459 e. The standard InChI is InChI=1S/C18H24F3N3O/c1-3-22-17(23-11-7-6-10-18(19,20)21)24-13(2)16-12-14-8-4-5-9-15(14)25-16/h4-5,8-9,12-13H,3,6-7,10-11H2,1-2H3,(H2,22,23,24). The molecular weight excluding hydrogens is 331 g/mol. The van der Waals surface area contributed by atoms with E-state index in [1.54, 1.807) is 0 Å². The molecule has 138 valence electrons. The summed E-state index contributed by atoms with van der Waals surface area (Å²) in [4.78, 5) is 4.34. The van der Waals surface area contributed by atoms with Gasteiger partial charge in [0.2, 0.25) is 0 Å². The van der Waals surface area contributed by atoms with E-state index in [1.165, 1.54) is 0 Å². The number of para-hydroxylation sites is 1. The molecular formula is C18H24F3N3O. The summed E-state index contributed by atoms with van der Waals surface area (Å²) in [7, 11) is 0. The maximum absolute atomic E-state index is 12.1. The molecule has 1 heterocycles. The molecule has 2 aromatic rings. The van der Waals surface area contributed by atoms with Crippen LogP contribution in [0.2, 0.25) is 0 Å². The van der Waals surface area contributed by atoms with Crippen LogP contribution in [0.25, 0.3) is 11.0 Å². The molecule has 4 nitrogen and oxygen atoms in total. The Morgan fingerprint density at radius 3 is 2.68 bits per heavy atom. The summed E-state index contributed by atoms with van der Waals surface area (Å²) in [6, 6.07) is 9.62. The topological polar surface area (TPSA) is 49.6 Å². The van der Waals surface area contributed by atoms with Crippen LogP contribution in [-0.4, -0.2) is 25.2 Å². The molecule has 0 amide bonds. The summed E-state index contributed by atoms with van der Waals surface area (Å²) in [6.07, 6.45) is -4.37. The van der Waals surface area contributed by atoms with Crippen molar-refractivity contribution in [2.45, 2.75) is 45.3 Å². The molecule has 0 saturated carbocycles. The van der Waals surface area contributed by atoms with E-state index in [1.807, 2.05) is 44.2 Å². The number of alkyl halides is 3. The van der Waals surface area contributed by atoms with Gasteiger partial charge < -0.3 is 15.1 Å². The van der Waals surface area contributed by atoms with Gasteiger partial charge in [-0.05, 0) is 38.8 Å². The van der Waals surface area contributed by atoms with Crippen LogP contribution in [0, 0.1) is 0 Å². The van der Waals surface area contributed by atoms with Crippen molar-refractivity contribution in [1.29, 1.82) is 0 Å². The molecule has 2 N–H and O–H groups in total. The fraction of sp³-hybridized carbons (Fsp3) is 0.500. The van der Waals surface area contributed by atoms with Crippen LogP contribution in [0.5, 0.6) is 0 Å². The zero-order valence-electron chi connectivity index (χ0n) is 14.5. The van der Waals surface area contributed by atoms with Crippen molar-refractivity contribution >= 4 is 16.9 Å². The maximum Gasteiger partial charge on any atom is 0.389 e. The Bertz CT molecular complexity index is 661. The van der Waals surface area contributed by atoms with Crippen LogP contribution >= 0.6 is 0 Å². The second-order valence-electron chi connectivity index (χ2n) is 5.89. The smallest absolute Gasteiger partial charge is 0.389 e. The summed E-state index contributed by atoms with van der Waals surface area (Å²) in [6.45, 7) is 4.90. The number of unbranched alkanes of at least 4 members (excludes halogenated alkanes) is 1. The second kappa shape index (κ2) is 8.78. The third-order valence-electron chi connectivity index (χ3n) is 3.71. The highest BCUT2D eigenvalue weighted by Gasteiger charge is 2.25. The first-order chi connectivity index (χ1) is 11.9. The molecule has 25 heavy (non-hydrogen) atoms.